The van der Waals surface area contributed by atoms with E-state index < -0.39 is 11.4 Å². The summed E-state index contributed by atoms with van der Waals surface area (Å²) in [5.74, 6) is -0.403. The minimum absolute atomic E-state index is 0.288. The van der Waals surface area contributed by atoms with Gasteiger partial charge in [0.05, 0.1) is 0 Å². The lowest BCUT2D eigenvalue weighted by Gasteiger charge is -1.96. The van der Waals surface area contributed by atoms with Crippen LogP contribution < -0.4 is 5.63 Å². The smallest absolute Gasteiger partial charge is 0.339 e. The Morgan fingerprint density at radius 3 is 2.85 bits per heavy atom. The summed E-state index contributed by atoms with van der Waals surface area (Å²) in [5.41, 5.74) is 0.396. The minimum atomic E-state index is -0.418. The first-order valence-electron chi connectivity index (χ1n) is 3.87. The number of fused-ring (bicyclic) bond motifs is 1. The number of aryl methyl sites for hydroxylation is 1. The van der Waals surface area contributed by atoms with Gasteiger partial charge in [0.15, 0.2) is 0 Å². The number of benzene rings is 1. The third-order valence-electron chi connectivity index (χ3n) is 1.87. The van der Waals surface area contributed by atoms with Crippen molar-refractivity contribution in [1.29, 1.82) is 0 Å². The maximum absolute atomic E-state index is 12.7. The molecule has 0 N–H and O–H groups in total. The van der Waals surface area contributed by atoms with E-state index in [2.05, 4.69) is 0 Å². The van der Waals surface area contributed by atoms with E-state index in [4.69, 9.17) is 4.42 Å². The average molecular weight is 178 g/mol. The second-order valence-corrected chi connectivity index (χ2v) is 2.90. The largest absolute Gasteiger partial charge is 0.422 e. The molecule has 0 unspecified atom stereocenters. The van der Waals surface area contributed by atoms with Gasteiger partial charge in [-0.3, -0.25) is 0 Å². The predicted octanol–water partition coefficient (Wildman–Crippen LogP) is 2.24. The molecule has 0 aliphatic heterocycles. The number of hydrogen-bond donors (Lipinski definition) is 0. The van der Waals surface area contributed by atoms with Crippen LogP contribution in [0.25, 0.3) is 11.0 Å². The molecule has 0 aliphatic rings. The molecule has 0 radical (unpaired) electrons. The van der Waals surface area contributed by atoms with Crippen molar-refractivity contribution in [1.82, 2.24) is 0 Å². The molecular formula is C10H7FO2. The highest BCUT2D eigenvalue weighted by Gasteiger charge is 2.01. The Hall–Kier alpha value is -1.64. The summed E-state index contributed by atoms with van der Waals surface area (Å²) >= 11 is 0. The zero-order valence-corrected chi connectivity index (χ0v) is 7.00. The van der Waals surface area contributed by atoms with E-state index in [0.29, 0.717) is 5.56 Å². The molecule has 66 valence electrons. The Bertz CT molecular complexity index is 514. The van der Waals surface area contributed by atoms with Crippen molar-refractivity contribution in [2.75, 3.05) is 0 Å². The summed E-state index contributed by atoms with van der Waals surface area (Å²) < 4.78 is 17.6. The zero-order valence-electron chi connectivity index (χ0n) is 7.00. The lowest BCUT2D eigenvalue weighted by Crippen LogP contribution is -2.01. The third-order valence-corrected chi connectivity index (χ3v) is 1.87. The van der Waals surface area contributed by atoms with Crippen LogP contribution in [0.4, 0.5) is 4.39 Å². The monoisotopic (exact) mass is 178 g/mol. The summed E-state index contributed by atoms with van der Waals surface area (Å²) in [4.78, 5) is 11.1. The van der Waals surface area contributed by atoms with Crippen molar-refractivity contribution in [3.05, 3.63) is 46.1 Å². The second kappa shape index (κ2) is 2.69. The molecular weight excluding hydrogens is 171 g/mol. The highest BCUT2D eigenvalue weighted by Crippen LogP contribution is 2.14. The summed E-state index contributed by atoms with van der Waals surface area (Å²) in [7, 11) is 0. The molecule has 0 fully saturated rings. The van der Waals surface area contributed by atoms with Gasteiger partial charge in [0.2, 0.25) is 0 Å². The SMILES string of the molecule is Cc1cc2ccc(F)cc2oc1=O. The van der Waals surface area contributed by atoms with Gasteiger partial charge in [-0.25, -0.2) is 9.18 Å². The van der Waals surface area contributed by atoms with E-state index >= 15 is 0 Å². The van der Waals surface area contributed by atoms with Crippen LogP contribution in [-0.2, 0) is 0 Å². The van der Waals surface area contributed by atoms with Crippen LogP contribution in [0.5, 0.6) is 0 Å². The van der Waals surface area contributed by atoms with Crippen LogP contribution in [0.1, 0.15) is 5.56 Å². The third kappa shape index (κ3) is 1.33. The maximum atomic E-state index is 12.7. The molecule has 2 nitrogen and oxygen atoms in total. The van der Waals surface area contributed by atoms with Gasteiger partial charge in [0.1, 0.15) is 11.4 Å². The highest BCUT2D eigenvalue weighted by molar-refractivity contribution is 5.76. The van der Waals surface area contributed by atoms with Crippen molar-refractivity contribution in [3.8, 4) is 0 Å². The fraction of sp³-hybridized carbons (Fsp3) is 0.100. The van der Waals surface area contributed by atoms with Crippen molar-refractivity contribution >= 4 is 11.0 Å². The Kier molecular flexibility index (Phi) is 1.65. The molecule has 1 heterocycles. The molecule has 0 saturated carbocycles. The van der Waals surface area contributed by atoms with E-state index in [1.807, 2.05) is 0 Å². The Balaban J connectivity index is 2.89. The van der Waals surface area contributed by atoms with E-state index in [0.717, 1.165) is 5.39 Å². The Morgan fingerprint density at radius 1 is 1.31 bits per heavy atom. The molecule has 0 bridgehead atoms. The molecule has 3 heteroatoms. The summed E-state index contributed by atoms with van der Waals surface area (Å²) in [5, 5.41) is 0.735. The lowest BCUT2D eigenvalue weighted by atomic mass is 10.2. The second-order valence-electron chi connectivity index (χ2n) is 2.90. The van der Waals surface area contributed by atoms with Crippen molar-refractivity contribution in [3.63, 3.8) is 0 Å². The fourth-order valence-corrected chi connectivity index (χ4v) is 1.19. The van der Waals surface area contributed by atoms with Crippen molar-refractivity contribution in [2.24, 2.45) is 0 Å². The van der Waals surface area contributed by atoms with E-state index in [9.17, 15) is 9.18 Å². The quantitative estimate of drug-likeness (QED) is 0.579. The first-order valence-corrected chi connectivity index (χ1v) is 3.87. The van der Waals surface area contributed by atoms with Gasteiger partial charge in [-0.05, 0) is 25.1 Å². The lowest BCUT2D eigenvalue weighted by molar-refractivity contribution is 0.549. The van der Waals surface area contributed by atoms with Crippen molar-refractivity contribution < 1.29 is 8.81 Å². The van der Waals surface area contributed by atoms with Crippen LogP contribution in [0.2, 0.25) is 0 Å². The first-order chi connectivity index (χ1) is 6.16. The van der Waals surface area contributed by atoms with Gasteiger partial charge < -0.3 is 4.42 Å². The molecule has 0 aliphatic carbocycles. The molecule has 0 spiro atoms. The Morgan fingerprint density at radius 2 is 2.08 bits per heavy atom. The predicted molar refractivity (Wildman–Crippen MR) is 47.2 cm³/mol. The van der Waals surface area contributed by atoms with Crippen LogP contribution in [0.15, 0.2) is 33.5 Å². The molecule has 1 aromatic carbocycles. The maximum Gasteiger partial charge on any atom is 0.339 e. The van der Waals surface area contributed by atoms with Gasteiger partial charge in [-0.15, -0.1) is 0 Å². The molecule has 0 atom stereocenters. The normalized spacial score (nSPS) is 10.6. The molecule has 1 aromatic heterocycles. The Labute approximate surface area is 73.6 Å². The summed E-state index contributed by atoms with van der Waals surface area (Å²) in [6.07, 6.45) is 0. The molecule has 2 aromatic rings. The van der Waals surface area contributed by atoms with Crippen molar-refractivity contribution in [2.45, 2.75) is 6.92 Å². The van der Waals surface area contributed by atoms with Crippen LogP contribution >= 0.6 is 0 Å². The summed E-state index contributed by atoms with van der Waals surface area (Å²) in [6, 6.07) is 5.80. The standard InChI is InChI=1S/C10H7FO2/c1-6-4-7-2-3-8(11)5-9(7)13-10(6)12/h2-5H,1H3. The van der Waals surface area contributed by atoms with Crippen LogP contribution in [0.3, 0.4) is 0 Å². The van der Waals surface area contributed by atoms with E-state index in [1.165, 1.54) is 12.1 Å². The molecule has 13 heavy (non-hydrogen) atoms. The first kappa shape index (κ1) is 7.98. The molecule has 0 amide bonds. The fourth-order valence-electron chi connectivity index (χ4n) is 1.19. The highest BCUT2D eigenvalue weighted by atomic mass is 19.1. The van der Waals surface area contributed by atoms with Gasteiger partial charge in [-0.2, -0.15) is 0 Å². The summed E-state index contributed by atoms with van der Waals surface area (Å²) in [6.45, 7) is 1.66. The zero-order chi connectivity index (χ0) is 9.42. The van der Waals surface area contributed by atoms with Gasteiger partial charge in [-0.1, -0.05) is 0 Å². The molecule has 0 saturated heterocycles. The number of rotatable bonds is 0. The van der Waals surface area contributed by atoms with Gasteiger partial charge >= 0.3 is 5.63 Å². The van der Waals surface area contributed by atoms with Crippen LogP contribution in [-0.4, -0.2) is 0 Å². The minimum Gasteiger partial charge on any atom is -0.422 e. The molecule has 2 rings (SSSR count). The van der Waals surface area contributed by atoms with E-state index in [1.54, 1.807) is 19.1 Å². The number of hydrogen-bond acceptors (Lipinski definition) is 2. The van der Waals surface area contributed by atoms with Crippen LogP contribution in [0, 0.1) is 12.7 Å². The topological polar surface area (TPSA) is 30.2 Å². The average Bonchev–Trinajstić information content (AvgIpc) is 2.08. The van der Waals surface area contributed by atoms with E-state index in [-0.39, 0.29) is 5.58 Å². The van der Waals surface area contributed by atoms with Gasteiger partial charge in [0.25, 0.3) is 0 Å². The van der Waals surface area contributed by atoms with Gasteiger partial charge in [0, 0.05) is 17.0 Å². The number of halogens is 1.